The van der Waals surface area contributed by atoms with Crippen LogP contribution in [0.15, 0.2) is 35.1 Å². The molecule has 0 spiro atoms. The molecule has 0 radical (unpaired) electrons. The van der Waals surface area contributed by atoms with Gasteiger partial charge in [-0.3, -0.25) is 4.79 Å². The van der Waals surface area contributed by atoms with E-state index in [9.17, 15) is 4.79 Å². The third-order valence-corrected chi connectivity index (χ3v) is 4.89. The summed E-state index contributed by atoms with van der Waals surface area (Å²) in [4.78, 5) is 18.9. The average Bonchev–Trinajstić information content (AvgIpc) is 3.32. The van der Waals surface area contributed by atoms with Gasteiger partial charge in [0.05, 0.1) is 30.5 Å². The van der Waals surface area contributed by atoms with Crippen LogP contribution < -0.4 is 0 Å². The Morgan fingerprint density at radius 1 is 1.38 bits per heavy atom. The summed E-state index contributed by atoms with van der Waals surface area (Å²) in [5, 5.41) is 3.94. The van der Waals surface area contributed by atoms with Crippen molar-refractivity contribution in [2.24, 2.45) is 0 Å². The molecular formula is C19H22N4O3. The second kappa shape index (κ2) is 6.92. The number of carbonyl (C=O) groups is 1. The Morgan fingerprint density at radius 3 is 3.04 bits per heavy atom. The monoisotopic (exact) mass is 354 g/mol. The predicted octanol–water partition coefficient (Wildman–Crippen LogP) is 2.30. The molecule has 4 heterocycles. The molecule has 0 N–H and O–H groups in total. The largest absolute Gasteiger partial charge is 0.371 e. The van der Waals surface area contributed by atoms with Gasteiger partial charge in [-0.15, -0.1) is 0 Å². The quantitative estimate of drug-likeness (QED) is 0.703. The fraction of sp³-hybridized carbons (Fsp3) is 0.421. The summed E-state index contributed by atoms with van der Waals surface area (Å²) in [5.74, 6) is 0.886. The maximum Gasteiger partial charge on any atom is 0.228 e. The maximum atomic E-state index is 12.6. The number of aromatic nitrogens is 3. The number of likely N-dealkylation sites (tertiary alicyclic amines) is 1. The van der Waals surface area contributed by atoms with Crippen molar-refractivity contribution in [1.82, 2.24) is 19.4 Å². The molecule has 1 aliphatic heterocycles. The van der Waals surface area contributed by atoms with Crippen molar-refractivity contribution in [2.75, 3.05) is 13.1 Å². The molecule has 1 aliphatic rings. The summed E-state index contributed by atoms with van der Waals surface area (Å²) in [6, 6.07) is 5.82. The molecule has 4 rings (SSSR count). The highest BCUT2D eigenvalue weighted by Crippen LogP contribution is 2.19. The Kier molecular flexibility index (Phi) is 4.46. The van der Waals surface area contributed by atoms with E-state index in [0.29, 0.717) is 19.6 Å². The van der Waals surface area contributed by atoms with Gasteiger partial charge in [0, 0.05) is 31.0 Å². The highest BCUT2D eigenvalue weighted by Gasteiger charge is 2.27. The zero-order valence-corrected chi connectivity index (χ0v) is 15.0. The van der Waals surface area contributed by atoms with Crippen LogP contribution in [0.3, 0.4) is 0 Å². The Morgan fingerprint density at radius 2 is 2.27 bits per heavy atom. The van der Waals surface area contributed by atoms with Gasteiger partial charge in [-0.1, -0.05) is 11.2 Å². The summed E-state index contributed by atoms with van der Waals surface area (Å²) >= 11 is 0. The van der Waals surface area contributed by atoms with Crippen molar-refractivity contribution >= 4 is 11.6 Å². The topological polar surface area (TPSA) is 72.9 Å². The van der Waals surface area contributed by atoms with Gasteiger partial charge in [0.15, 0.2) is 0 Å². The fourth-order valence-corrected chi connectivity index (χ4v) is 3.34. The van der Waals surface area contributed by atoms with E-state index in [0.717, 1.165) is 41.3 Å². The molecule has 1 unspecified atom stereocenters. The van der Waals surface area contributed by atoms with Crippen LogP contribution in [0, 0.1) is 13.8 Å². The van der Waals surface area contributed by atoms with E-state index in [1.165, 1.54) is 0 Å². The molecule has 1 fully saturated rings. The standard InChI is InChI=1S/C19H22N4O3/c1-13-17(14(2)26-21-13)12-25-16-6-8-23(11-16)19(24)9-15-10-22-7-4-3-5-18(22)20-15/h3-5,7,10,16H,6,8-9,11-12H2,1-2H3. The van der Waals surface area contributed by atoms with Gasteiger partial charge in [0.2, 0.25) is 5.91 Å². The third kappa shape index (κ3) is 3.35. The summed E-state index contributed by atoms with van der Waals surface area (Å²) < 4.78 is 13.1. The van der Waals surface area contributed by atoms with Crippen LogP contribution >= 0.6 is 0 Å². The maximum absolute atomic E-state index is 12.6. The molecule has 3 aromatic rings. The van der Waals surface area contributed by atoms with E-state index >= 15 is 0 Å². The first-order valence-electron chi connectivity index (χ1n) is 8.84. The molecule has 3 aromatic heterocycles. The summed E-state index contributed by atoms with van der Waals surface area (Å²) in [6.07, 6.45) is 5.06. The van der Waals surface area contributed by atoms with Gasteiger partial charge in [-0.2, -0.15) is 0 Å². The highest BCUT2D eigenvalue weighted by atomic mass is 16.5. The van der Waals surface area contributed by atoms with Crippen molar-refractivity contribution in [3.8, 4) is 0 Å². The Labute approximate surface area is 151 Å². The lowest BCUT2D eigenvalue weighted by Crippen LogP contribution is -2.31. The van der Waals surface area contributed by atoms with Crippen molar-refractivity contribution < 1.29 is 14.1 Å². The summed E-state index contributed by atoms with van der Waals surface area (Å²) in [6.45, 7) is 5.61. The molecule has 1 atom stereocenters. The molecular weight excluding hydrogens is 332 g/mol. The second-order valence-corrected chi connectivity index (χ2v) is 6.74. The minimum Gasteiger partial charge on any atom is -0.371 e. The van der Waals surface area contributed by atoms with E-state index in [1.807, 2.05) is 53.7 Å². The number of carbonyl (C=O) groups excluding carboxylic acids is 1. The molecule has 0 saturated carbocycles. The molecule has 7 heteroatoms. The smallest absolute Gasteiger partial charge is 0.228 e. The number of rotatable bonds is 5. The number of hydrogen-bond donors (Lipinski definition) is 0. The van der Waals surface area contributed by atoms with Crippen LogP contribution in [0.2, 0.25) is 0 Å². The minimum absolute atomic E-state index is 0.0497. The van der Waals surface area contributed by atoms with Gasteiger partial charge in [-0.25, -0.2) is 4.98 Å². The highest BCUT2D eigenvalue weighted by molar-refractivity contribution is 5.78. The number of fused-ring (bicyclic) bond motifs is 1. The molecule has 0 aliphatic carbocycles. The molecule has 1 saturated heterocycles. The first-order valence-corrected chi connectivity index (χ1v) is 8.84. The number of ether oxygens (including phenoxy) is 1. The van der Waals surface area contributed by atoms with Crippen molar-refractivity contribution in [3.05, 3.63) is 53.3 Å². The van der Waals surface area contributed by atoms with Gasteiger partial charge >= 0.3 is 0 Å². The molecule has 26 heavy (non-hydrogen) atoms. The van der Waals surface area contributed by atoms with Gasteiger partial charge in [0.1, 0.15) is 11.4 Å². The third-order valence-electron chi connectivity index (χ3n) is 4.89. The van der Waals surface area contributed by atoms with Crippen molar-refractivity contribution in [3.63, 3.8) is 0 Å². The van der Waals surface area contributed by atoms with E-state index in [4.69, 9.17) is 9.26 Å². The normalized spacial score (nSPS) is 17.3. The number of amides is 1. The minimum atomic E-state index is 0.0497. The van der Waals surface area contributed by atoms with Crippen LogP contribution in [0.5, 0.6) is 0 Å². The van der Waals surface area contributed by atoms with E-state index in [2.05, 4.69) is 10.1 Å². The van der Waals surface area contributed by atoms with Crippen LogP contribution in [0.1, 0.15) is 29.1 Å². The lowest BCUT2D eigenvalue weighted by atomic mass is 10.2. The number of aryl methyl sites for hydroxylation is 2. The first kappa shape index (κ1) is 16.8. The van der Waals surface area contributed by atoms with Gasteiger partial charge in [-0.05, 0) is 32.4 Å². The number of nitrogens with zero attached hydrogens (tertiary/aromatic N) is 4. The summed E-state index contributed by atoms with van der Waals surface area (Å²) in [5.41, 5.74) is 3.51. The zero-order valence-electron chi connectivity index (χ0n) is 15.0. The number of pyridine rings is 1. The van der Waals surface area contributed by atoms with Crippen molar-refractivity contribution in [2.45, 2.75) is 39.4 Å². The predicted molar refractivity (Wildman–Crippen MR) is 94.6 cm³/mol. The summed E-state index contributed by atoms with van der Waals surface area (Å²) in [7, 11) is 0. The lowest BCUT2D eigenvalue weighted by Gasteiger charge is -2.16. The van der Waals surface area contributed by atoms with Crippen LogP contribution in [0.4, 0.5) is 0 Å². The molecule has 0 bridgehead atoms. The average molecular weight is 354 g/mol. The van der Waals surface area contributed by atoms with Crippen LogP contribution in [-0.4, -0.2) is 44.5 Å². The van der Waals surface area contributed by atoms with E-state index in [-0.39, 0.29) is 12.0 Å². The van der Waals surface area contributed by atoms with E-state index in [1.54, 1.807) is 0 Å². The Hall–Kier alpha value is -2.67. The van der Waals surface area contributed by atoms with Crippen LogP contribution in [0.25, 0.3) is 5.65 Å². The number of hydrogen-bond acceptors (Lipinski definition) is 5. The Balaban J connectivity index is 1.32. The second-order valence-electron chi connectivity index (χ2n) is 6.74. The van der Waals surface area contributed by atoms with Crippen molar-refractivity contribution in [1.29, 1.82) is 0 Å². The number of imidazole rings is 1. The lowest BCUT2D eigenvalue weighted by molar-refractivity contribution is -0.130. The van der Waals surface area contributed by atoms with Gasteiger partial charge in [0.25, 0.3) is 0 Å². The van der Waals surface area contributed by atoms with E-state index < -0.39 is 0 Å². The Bertz CT molecular complexity index is 877. The van der Waals surface area contributed by atoms with Crippen LogP contribution in [-0.2, 0) is 22.6 Å². The molecule has 7 nitrogen and oxygen atoms in total. The molecule has 136 valence electrons. The SMILES string of the molecule is Cc1noc(C)c1COC1CCN(C(=O)Cc2cn3ccccc3n2)C1. The zero-order chi connectivity index (χ0) is 18.1. The molecule has 1 amide bonds. The van der Waals surface area contributed by atoms with Gasteiger partial charge < -0.3 is 18.6 Å². The fourth-order valence-electron chi connectivity index (χ4n) is 3.34. The first-order chi connectivity index (χ1) is 12.6. The molecule has 0 aromatic carbocycles.